The third-order valence-corrected chi connectivity index (χ3v) is 5.50. The zero-order valence-electron chi connectivity index (χ0n) is 21.9. The highest BCUT2D eigenvalue weighted by molar-refractivity contribution is 5.90. The lowest BCUT2D eigenvalue weighted by molar-refractivity contribution is -0.921. The summed E-state index contributed by atoms with van der Waals surface area (Å²) in [6.07, 6.45) is 1.19. The number of hydrogen-bond acceptors (Lipinski definition) is 6. The van der Waals surface area contributed by atoms with E-state index < -0.39 is 17.7 Å². The van der Waals surface area contributed by atoms with Gasteiger partial charge < -0.3 is 37.6 Å². The Bertz CT molecular complexity index is 1180. The van der Waals surface area contributed by atoms with Gasteiger partial charge in [-0.2, -0.15) is 0 Å². The van der Waals surface area contributed by atoms with Crippen LogP contribution in [-0.2, 0) is 16.0 Å². The number of anilines is 2. The van der Waals surface area contributed by atoms with Crippen LogP contribution in [0.4, 0.5) is 16.2 Å². The number of nitrogens with zero attached hydrogens (tertiary/aromatic N) is 1. The Balaban J connectivity index is 0.000000269. The van der Waals surface area contributed by atoms with E-state index in [1.807, 2.05) is 36.4 Å². The molecule has 1 aliphatic rings. The first-order valence-electron chi connectivity index (χ1n) is 12.2. The summed E-state index contributed by atoms with van der Waals surface area (Å²) in [7, 11) is 0. The quantitative estimate of drug-likeness (QED) is 0.345. The Morgan fingerprint density at radius 2 is 1.76 bits per heavy atom. The number of hydrogen-bond donors (Lipinski definition) is 4. The molecule has 1 saturated heterocycles. The molecule has 0 aliphatic carbocycles. The average molecular weight is 543 g/mol. The fourth-order valence-corrected chi connectivity index (χ4v) is 3.67. The van der Waals surface area contributed by atoms with Gasteiger partial charge in [-0.3, -0.25) is 10.3 Å². The molecule has 2 heterocycles. The predicted octanol–water partition coefficient (Wildman–Crippen LogP) is 0.482. The monoisotopic (exact) mass is 542 g/mol. The summed E-state index contributed by atoms with van der Waals surface area (Å²) >= 11 is 0. The number of quaternary nitrogens is 1. The van der Waals surface area contributed by atoms with Gasteiger partial charge in [0.1, 0.15) is 25.2 Å². The number of carboxylic acids is 1. The second kappa shape index (κ2) is 14.3. The first-order valence-corrected chi connectivity index (χ1v) is 12.2. The molecule has 9 nitrogen and oxygen atoms in total. The zero-order valence-corrected chi connectivity index (χ0v) is 22.6. The van der Waals surface area contributed by atoms with Gasteiger partial charge in [-0.1, -0.05) is 24.3 Å². The summed E-state index contributed by atoms with van der Waals surface area (Å²) < 4.78 is 10.5. The highest BCUT2D eigenvalue weighted by Crippen LogP contribution is 2.26. The number of nitrogens with two attached hydrogens (primary N) is 1. The van der Waals surface area contributed by atoms with Crippen molar-refractivity contribution < 1.29 is 41.5 Å². The normalized spacial score (nSPS) is 13.3. The fourth-order valence-electron chi connectivity index (χ4n) is 3.67. The van der Waals surface area contributed by atoms with Gasteiger partial charge in [0, 0.05) is 17.3 Å². The van der Waals surface area contributed by atoms with E-state index in [0.717, 1.165) is 44.1 Å². The van der Waals surface area contributed by atoms with E-state index >= 15 is 0 Å². The maximum atomic E-state index is 11.7. The van der Waals surface area contributed by atoms with E-state index in [2.05, 4.69) is 10.3 Å². The van der Waals surface area contributed by atoms with Crippen LogP contribution in [0.3, 0.4) is 0 Å². The van der Waals surface area contributed by atoms with Crippen molar-refractivity contribution >= 4 is 23.4 Å². The largest absolute Gasteiger partial charge is 1.00 e. The third kappa shape index (κ3) is 10.0. The van der Waals surface area contributed by atoms with Crippen molar-refractivity contribution in [1.29, 1.82) is 0 Å². The minimum Gasteiger partial charge on any atom is -1.00 e. The minimum absolute atomic E-state index is 0. The maximum absolute atomic E-state index is 11.7. The first-order chi connectivity index (χ1) is 17.6. The first kappa shape index (κ1) is 30.6. The van der Waals surface area contributed by atoms with Crippen LogP contribution in [-0.4, -0.2) is 54.1 Å². The molecule has 3 aromatic rings. The summed E-state index contributed by atoms with van der Waals surface area (Å²) in [6.45, 7) is 10.1. The molecule has 0 bridgehead atoms. The zero-order chi connectivity index (χ0) is 26.8. The smallest absolute Gasteiger partial charge is 0.412 e. The molecule has 4 rings (SSSR count). The van der Waals surface area contributed by atoms with E-state index in [1.54, 1.807) is 51.2 Å². The number of aromatic carboxylic acids is 1. The van der Waals surface area contributed by atoms with Crippen LogP contribution in [0.25, 0.3) is 11.3 Å². The number of aromatic nitrogens is 1. The molecule has 204 valence electrons. The molecule has 1 aliphatic heterocycles. The molecule has 0 saturated carbocycles. The van der Waals surface area contributed by atoms with Crippen LogP contribution in [0.1, 0.15) is 36.7 Å². The average Bonchev–Trinajstić information content (AvgIpc) is 2.86. The maximum Gasteiger partial charge on any atom is 0.412 e. The lowest BCUT2D eigenvalue weighted by atomic mass is 10.1. The topological polar surface area (TPSA) is 128 Å². The van der Waals surface area contributed by atoms with Crippen molar-refractivity contribution in [2.24, 2.45) is 0 Å². The van der Waals surface area contributed by atoms with Crippen LogP contribution >= 0.6 is 0 Å². The SMILES string of the molecule is CC(C)(C)OC(=O)Nc1ccc(-c2ccccn2)cc1N.O=C(O)c1ccc(C[NH+]2CCOCC2)cc1.[Cl-]. The number of nitrogen functional groups attached to an aromatic ring is 1. The van der Waals surface area contributed by atoms with Gasteiger partial charge in [0.15, 0.2) is 0 Å². The molecule has 1 aromatic heterocycles. The van der Waals surface area contributed by atoms with Gasteiger partial charge >= 0.3 is 12.1 Å². The number of morpholine rings is 1. The molecule has 5 N–H and O–H groups in total. The van der Waals surface area contributed by atoms with Crippen LogP contribution in [0.5, 0.6) is 0 Å². The lowest BCUT2D eigenvalue weighted by Crippen LogP contribution is -3.12. The van der Waals surface area contributed by atoms with Crippen LogP contribution in [0, 0.1) is 0 Å². The lowest BCUT2D eigenvalue weighted by Gasteiger charge is -2.23. The van der Waals surface area contributed by atoms with Gasteiger partial charge in [0.25, 0.3) is 0 Å². The van der Waals surface area contributed by atoms with Gasteiger partial charge in [-0.25, -0.2) is 9.59 Å². The molecule has 2 aromatic carbocycles. The van der Waals surface area contributed by atoms with Gasteiger partial charge in [0.05, 0.1) is 35.8 Å². The summed E-state index contributed by atoms with van der Waals surface area (Å²) in [4.78, 5) is 28.2. The number of benzene rings is 2. The number of carboxylic acid groups (broad SMARTS) is 1. The Hall–Kier alpha value is -3.66. The Labute approximate surface area is 229 Å². The second-order valence-electron chi connectivity index (χ2n) is 9.69. The van der Waals surface area contributed by atoms with E-state index in [1.165, 1.54) is 10.5 Å². The second-order valence-corrected chi connectivity index (χ2v) is 9.69. The van der Waals surface area contributed by atoms with Gasteiger partial charge in [0.2, 0.25) is 0 Å². The van der Waals surface area contributed by atoms with Crippen molar-refractivity contribution in [3.8, 4) is 11.3 Å². The van der Waals surface area contributed by atoms with E-state index in [4.69, 9.17) is 20.3 Å². The molecule has 1 amide bonds. The highest BCUT2D eigenvalue weighted by Gasteiger charge is 2.17. The van der Waals surface area contributed by atoms with Crippen LogP contribution in [0.15, 0.2) is 66.9 Å². The number of amides is 1. The van der Waals surface area contributed by atoms with Crippen LogP contribution < -0.4 is 28.4 Å². The van der Waals surface area contributed by atoms with Gasteiger partial charge in [-0.05, 0) is 57.2 Å². The summed E-state index contributed by atoms with van der Waals surface area (Å²) in [5, 5.41) is 11.4. The third-order valence-electron chi connectivity index (χ3n) is 5.50. The number of rotatable bonds is 5. The molecule has 10 heteroatoms. The number of pyridine rings is 1. The van der Waals surface area contributed by atoms with Gasteiger partial charge in [-0.15, -0.1) is 0 Å². The molecule has 0 atom stereocenters. The molecule has 38 heavy (non-hydrogen) atoms. The Morgan fingerprint density at radius 3 is 2.32 bits per heavy atom. The number of carbonyl (C=O) groups excluding carboxylic acids is 1. The predicted molar refractivity (Wildman–Crippen MR) is 143 cm³/mol. The summed E-state index contributed by atoms with van der Waals surface area (Å²) in [6, 6.07) is 18.1. The van der Waals surface area contributed by atoms with Crippen molar-refractivity contribution in [2.75, 3.05) is 37.4 Å². The minimum atomic E-state index is -0.870. The number of halogens is 1. The van der Waals surface area contributed by atoms with Crippen molar-refractivity contribution in [1.82, 2.24) is 4.98 Å². The molecular weight excluding hydrogens is 508 g/mol. The van der Waals surface area contributed by atoms with Crippen molar-refractivity contribution in [3.63, 3.8) is 0 Å². The van der Waals surface area contributed by atoms with E-state index in [0.29, 0.717) is 16.9 Å². The summed E-state index contributed by atoms with van der Waals surface area (Å²) in [5.41, 5.74) is 9.65. The molecule has 0 radical (unpaired) electrons. The van der Waals surface area contributed by atoms with Crippen molar-refractivity contribution in [3.05, 3.63) is 78.0 Å². The van der Waals surface area contributed by atoms with Crippen LogP contribution in [0.2, 0.25) is 0 Å². The van der Waals surface area contributed by atoms with E-state index in [9.17, 15) is 9.59 Å². The number of ether oxygens (including phenoxy) is 2. The van der Waals surface area contributed by atoms with E-state index in [-0.39, 0.29) is 12.4 Å². The summed E-state index contributed by atoms with van der Waals surface area (Å²) in [5.74, 6) is -0.870. The standard InChI is InChI=1S/C16H19N3O2.C12H15NO3.ClH/c1-16(2,3)21-15(20)19-14-8-7-11(10-12(14)17)13-6-4-5-9-18-13;14-12(15)11-3-1-10(2-4-11)9-13-5-7-16-8-6-13;/h4-10H,17H2,1-3H3,(H,19,20);1-4H,5-9H2,(H,14,15);1H. The molecular formula is C28H35ClN4O5. The fraction of sp³-hybridized carbons (Fsp3) is 0.321. The molecule has 0 spiro atoms. The number of carbonyl (C=O) groups is 2. The number of nitrogens with one attached hydrogen (secondary N) is 2. The van der Waals surface area contributed by atoms with Crippen molar-refractivity contribution in [2.45, 2.75) is 32.9 Å². The molecule has 0 unspecified atom stereocenters. The highest BCUT2D eigenvalue weighted by atomic mass is 35.5. The molecule has 1 fully saturated rings. The Kier molecular flexibility index (Phi) is 11.5. The Morgan fingerprint density at radius 1 is 1.08 bits per heavy atom.